The fourth-order valence-electron chi connectivity index (χ4n) is 4.01. The average molecular weight is 603 g/mol. The van der Waals surface area contributed by atoms with Crippen LogP contribution in [0.1, 0.15) is 78.3 Å². The van der Waals surface area contributed by atoms with E-state index in [1.165, 1.54) is 5.56 Å². The summed E-state index contributed by atoms with van der Waals surface area (Å²) in [5, 5.41) is 5.19. The first kappa shape index (κ1) is 32.9. The second kappa shape index (κ2) is 16.2. The second-order valence-corrected chi connectivity index (χ2v) is 11.4. The minimum absolute atomic E-state index is 0.00406. The van der Waals surface area contributed by atoms with Crippen LogP contribution in [0.4, 0.5) is 5.69 Å². The Labute approximate surface area is 257 Å². The van der Waals surface area contributed by atoms with Crippen LogP contribution in [0.3, 0.4) is 0 Å². The van der Waals surface area contributed by atoms with Crippen molar-refractivity contribution in [2.45, 2.75) is 58.3 Å². The molecule has 0 heterocycles. The molecule has 0 unspecified atom stereocenters. The van der Waals surface area contributed by atoms with Crippen LogP contribution in [0.5, 0.6) is 0 Å². The van der Waals surface area contributed by atoms with Gasteiger partial charge in [-0.15, -0.1) is 0 Å². The fourth-order valence-corrected chi connectivity index (χ4v) is 4.17. The number of hydrazine groups is 1. The molecule has 0 saturated carbocycles. The number of rotatable bonds is 11. The average Bonchev–Trinajstić information content (AvgIpc) is 2.98. The number of aryl methyl sites for hydroxylation is 1. The molecule has 3 aromatic carbocycles. The summed E-state index contributed by atoms with van der Waals surface area (Å²) in [5.74, 6) is -1.48. The van der Waals surface area contributed by atoms with E-state index in [4.69, 9.17) is 17.0 Å². The summed E-state index contributed by atoms with van der Waals surface area (Å²) in [7, 11) is 0. The minimum atomic E-state index is -0.484. The number of carbonyl (C=O) groups excluding carboxylic acids is 4. The van der Waals surface area contributed by atoms with E-state index in [1.807, 2.05) is 42.5 Å². The second-order valence-electron chi connectivity index (χ2n) is 11.0. The van der Waals surface area contributed by atoms with E-state index in [2.05, 4.69) is 42.3 Å². The van der Waals surface area contributed by atoms with Crippen molar-refractivity contribution in [3.63, 3.8) is 0 Å². The first-order valence-corrected chi connectivity index (χ1v) is 14.5. The van der Waals surface area contributed by atoms with Crippen LogP contribution < -0.4 is 21.5 Å². The molecule has 3 aromatic rings. The molecular weight excluding hydrogens is 564 g/mol. The van der Waals surface area contributed by atoms with Crippen molar-refractivity contribution in [2.24, 2.45) is 0 Å². The zero-order valence-corrected chi connectivity index (χ0v) is 25.5. The molecule has 0 saturated heterocycles. The molecule has 0 aliphatic carbocycles. The van der Waals surface area contributed by atoms with Crippen molar-refractivity contribution in [3.8, 4) is 0 Å². The lowest BCUT2D eigenvalue weighted by Gasteiger charge is -2.19. The van der Waals surface area contributed by atoms with Gasteiger partial charge in [0.25, 0.3) is 11.8 Å². The third-order valence-electron chi connectivity index (χ3n) is 6.46. The fraction of sp³-hybridized carbons (Fsp3) is 0.303. The maximum atomic E-state index is 12.6. The summed E-state index contributed by atoms with van der Waals surface area (Å²) in [6, 6.07) is 23.7. The third kappa shape index (κ3) is 11.7. The maximum Gasteiger partial charge on any atom is 0.305 e. The Morgan fingerprint density at radius 1 is 0.744 bits per heavy atom. The number of hydrogen-bond donors (Lipinski definition) is 4. The molecule has 9 nitrogen and oxygen atoms in total. The van der Waals surface area contributed by atoms with Crippen molar-refractivity contribution < 1.29 is 23.9 Å². The number of anilines is 1. The van der Waals surface area contributed by atoms with Crippen molar-refractivity contribution in [1.82, 2.24) is 16.2 Å². The Morgan fingerprint density at radius 2 is 1.37 bits per heavy atom. The van der Waals surface area contributed by atoms with E-state index in [-0.39, 0.29) is 35.2 Å². The van der Waals surface area contributed by atoms with Crippen LogP contribution in [-0.4, -0.2) is 35.4 Å². The molecule has 0 radical (unpaired) electrons. The number of ether oxygens (including phenoxy) is 1. The Balaban J connectivity index is 1.30. The molecule has 43 heavy (non-hydrogen) atoms. The zero-order valence-electron chi connectivity index (χ0n) is 24.7. The Bertz CT molecular complexity index is 1400. The molecular formula is C33H38N4O5S. The summed E-state index contributed by atoms with van der Waals surface area (Å²) in [6.07, 6.45) is 2.06. The summed E-state index contributed by atoms with van der Waals surface area (Å²) >= 11 is 5.06. The van der Waals surface area contributed by atoms with E-state index in [0.29, 0.717) is 29.8 Å². The smallest absolute Gasteiger partial charge is 0.305 e. The number of esters is 1. The number of benzene rings is 3. The molecule has 0 aromatic heterocycles. The van der Waals surface area contributed by atoms with Crippen LogP contribution in [0.15, 0.2) is 78.9 Å². The van der Waals surface area contributed by atoms with Gasteiger partial charge < -0.3 is 15.4 Å². The molecule has 0 spiro atoms. The molecule has 0 aliphatic rings. The van der Waals surface area contributed by atoms with E-state index >= 15 is 0 Å². The standard InChI is InChI=1S/C33H38N4O5S/c1-33(2,3)26-18-14-24(15-19-26)30(40)34-27-20-16-25(17-21-27)31(41)36-37-32(43)35-28(38)12-7-13-29(39)42-22-8-11-23-9-5-4-6-10-23/h4-6,9-10,14-21H,7-8,11-13,22H2,1-3H3,(H,34,40)(H,36,41)(H2,35,37,38,43). The van der Waals surface area contributed by atoms with Gasteiger partial charge in [0.15, 0.2) is 5.11 Å². The maximum absolute atomic E-state index is 12.6. The highest BCUT2D eigenvalue weighted by atomic mass is 32.1. The molecule has 0 atom stereocenters. The van der Waals surface area contributed by atoms with Crippen LogP contribution in [0.25, 0.3) is 0 Å². The molecule has 4 N–H and O–H groups in total. The monoisotopic (exact) mass is 602 g/mol. The lowest BCUT2D eigenvalue weighted by molar-refractivity contribution is -0.143. The largest absolute Gasteiger partial charge is 0.466 e. The first-order valence-electron chi connectivity index (χ1n) is 14.1. The quantitative estimate of drug-likeness (QED) is 0.103. The van der Waals surface area contributed by atoms with Gasteiger partial charge in [-0.3, -0.25) is 30.0 Å². The van der Waals surface area contributed by atoms with E-state index in [0.717, 1.165) is 18.4 Å². The molecule has 3 rings (SSSR count). The first-order chi connectivity index (χ1) is 20.5. The van der Waals surface area contributed by atoms with Crippen LogP contribution in [-0.2, 0) is 26.2 Å². The van der Waals surface area contributed by atoms with Crippen LogP contribution >= 0.6 is 12.2 Å². The number of thiocarbonyl (C=S) groups is 1. The van der Waals surface area contributed by atoms with Gasteiger partial charge in [0.1, 0.15) is 0 Å². The van der Waals surface area contributed by atoms with Crippen molar-refractivity contribution >= 4 is 46.7 Å². The van der Waals surface area contributed by atoms with Gasteiger partial charge in [-0.25, -0.2) is 0 Å². The van der Waals surface area contributed by atoms with E-state index in [1.54, 1.807) is 36.4 Å². The Hall–Kier alpha value is -4.57. The molecule has 0 bridgehead atoms. The van der Waals surface area contributed by atoms with Gasteiger partial charge in [-0.05, 0) is 84.4 Å². The summed E-state index contributed by atoms with van der Waals surface area (Å²) in [5.41, 5.74) is 8.60. The molecule has 3 amide bonds. The van der Waals surface area contributed by atoms with Gasteiger partial charge in [0.05, 0.1) is 6.61 Å². The van der Waals surface area contributed by atoms with Crippen molar-refractivity contribution in [1.29, 1.82) is 0 Å². The number of amides is 3. The zero-order chi connectivity index (χ0) is 31.2. The Kier molecular flexibility index (Phi) is 12.4. The van der Waals surface area contributed by atoms with Gasteiger partial charge in [0.2, 0.25) is 5.91 Å². The highest BCUT2D eigenvalue weighted by Crippen LogP contribution is 2.22. The number of carbonyl (C=O) groups is 4. The van der Waals surface area contributed by atoms with Crippen LogP contribution in [0, 0.1) is 0 Å². The number of hydrogen-bond acceptors (Lipinski definition) is 6. The highest BCUT2D eigenvalue weighted by molar-refractivity contribution is 7.80. The Morgan fingerprint density at radius 3 is 2.02 bits per heavy atom. The van der Waals surface area contributed by atoms with Crippen molar-refractivity contribution in [3.05, 3.63) is 101 Å². The summed E-state index contributed by atoms with van der Waals surface area (Å²) < 4.78 is 5.22. The predicted molar refractivity (Wildman–Crippen MR) is 170 cm³/mol. The normalized spacial score (nSPS) is 10.8. The van der Waals surface area contributed by atoms with Gasteiger partial charge in [-0.2, -0.15) is 0 Å². The lowest BCUT2D eigenvalue weighted by atomic mass is 9.87. The number of nitrogens with one attached hydrogen (secondary N) is 4. The molecule has 0 fully saturated rings. The molecule has 226 valence electrons. The third-order valence-corrected chi connectivity index (χ3v) is 6.67. The van der Waals surface area contributed by atoms with Crippen LogP contribution in [0.2, 0.25) is 0 Å². The van der Waals surface area contributed by atoms with Gasteiger partial charge in [-0.1, -0.05) is 63.2 Å². The lowest BCUT2D eigenvalue weighted by Crippen LogP contribution is -2.48. The molecule has 10 heteroatoms. The van der Waals surface area contributed by atoms with Crippen molar-refractivity contribution in [2.75, 3.05) is 11.9 Å². The minimum Gasteiger partial charge on any atom is -0.466 e. The van der Waals surface area contributed by atoms with Gasteiger partial charge in [0, 0.05) is 29.7 Å². The van der Waals surface area contributed by atoms with E-state index in [9.17, 15) is 19.2 Å². The topological polar surface area (TPSA) is 126 Å². The predicted octanol–water partition coefficient (Wildman–Crippen LogP) is 5.22. The highest BCUT2D eigenvalue weighted by Gasteiger charge is 2.15. The SMILES string of the molecule is CC(C)(C)c1ccc(C(=O)Nc2ccc(C(=O)NNC(=S)NC(=O)CCCC(=O)OCCCc3ccccc3)cc2)cc1. The molecule has 0 aliphatic heterocycles. The van der Waals surface area contributed by atoms with E-state index < -0.39 is 11.8 Å². The summed E-state index contributed by atoms with van der Waals surface area (Å²) in [4.78, 5) is 49.0. The summed E-state index contributed by atoms with van der Waals surface area (Å²) in [6.45, 7) is 6.66. The van der Waals surface area contributed by atoms with Gasteiger partial charge >= 0.3 is 5.97 Å².